The molecule has 1 heterocycles. The molecule has 1 aliphatic carbocycles. The summed E-state index contributed by atoms with van der Waals surface area (Å²) in [5.74, 6) is 1.59. The molecule has 7 heteroatoms. The lowest BCUT2D eigenvalue weighted by atomic mass is 9.95. The molecule has 0 spiro atoms. The van der Waals surface area contributed by atoms with Crippen LogP contribution < -0.4 is 10.6 Å². The summed E-state index contributed by atoms with van der Waals surface area (Å²) in [7, 11) is 1.10. The molecule has 2 N–H and O–H groups in total. The summed E-state index contributed by atoms with van der Waals surface area (Å²) < 4.78 is 12.9. The Balaban J connectivity index is 1.76. The lowest BCUT2D eigenvalue weighted by Gasteiger charge is -2.30. The van der Waals surface area contributed by atoms with Gasteiger partial charge < -0.3 is 10.6 Å². The topological polar surface area (TPSA) is 53.5 Å². The lowest BCUT2D eigenvalue weighted by molar-refractivity contribution is 0.413. The third-order valence-corrected chi connectivity index (χ3v) is 7.17. The maximum absolute atomic E-state index is 12.0. The van der Waals surface area contributed by atoms with Crippen LogP contribution in [0.4, 0.5) is 0 Å². The normalized spacial score (nSPS) is 23.5. The number of thiophene rings is 1. The molecule has 0 bridgehead atoms. The minimum atomic E-state index is -0.690. The van der Waals surface area contributed by atoms with E-state index in [0.717, 1.165) is 54.7 Å². The van der Waals surface area contributed by atoms with E-state index >= 15 is 0 Å². The largest absolute Gasteiger partial charge is 0.356 e. The van der Waals surface area contributed by atoms with E-state index in [1.807, 2.05) is 13.0 Å². The third kappa shape index (κ3) is 6.08. The first kappa shape index (κ1) is 18.7. The fourth-order valence-electron chi connectivity index (χ4n) is 2.93. The predicted octanol–water partition coefficient (Wildman–Crippen LogP) is 3.19. The number of nitrogens with zero attached hydrogens (tertiary/aromatic N) is 1. The fraction of sp³-hybridized carbons (Fsp3) is 0.688. The Morgan fingerprint density at radius 2 is 2.30 bits per heavy atom. The van der Waals surface area contributed by atoms with Crippen LogP contribution in [-0.2, 0) is 17.2 Å². The Hall–Kier alpha value is -0.590. The van der Waals surface area contributed by atoms with Gasteiger partial charge in [0.05, 0.1) is 4.34 Å². The summed E-state index contributed by atoms with van der Waals surface area (Å²) in [6.07, 6.45) is 5.26. The number of guanidine groups is 1. The lowest BCUT2D eigenvalue weighted by Crippen LogP contribution is -2.47. The van der Waals surface area contributed by atoms with Crippen LogP contribution in [-0.4, -0.2) is 40.8 Å². The van der Waals surface area contributed by atoms with Gasteiger partial charge in [-0.15, -0.1) is 11.3 Å². The van der Waals surface area contributed by atoms with Gasteiger partial charge in [-0.1, -0.05) is 24.9 Å². The zero-order chi connectivity index (χ0) is 16.7. The summed E-state index contributed by atoms with van der Waals surface area (Å²) in [5, 5.41) is 7.18. The highest BCUT2D eigenvalue weighted by atomic mass is 35.5. The zero-order valence-electron chi connectivity index (χ0n) is 13.8. The van der Waals surface area contributed by atoms with Crippen molar-refractivity contribution in [3.8, 4) is 0 Å². The van der Waals surface area contributed by atoms with Crippen LogP contribution in [0.5, 0.6) is 0 Å². The summed E-state index contributed by atoms with van der Waals surface area (Å²) in [4.78, 5) is 5.58. The van der Waals surface area contributed by atoms with Crippen molar-refractivity contribution < 1.29 is 4.21 Å². The van der Waals surface area contributed by atoms with Gasteiger partial charge >= 0.3 is 0 Å². The molecule has 3 atom stereocenters. The van der Waals surface area contributed by atoms with E-state index in [2.05, 4.69) is 21.7 Å². The molecule has 4 nitrogen and oxygen atoms in total. The smallest absolute Gasteiger partial charge is 0.191 e. The van der Waals surface area contributed by atoms with Crippen LogP contribution in [0, 0.1) is 0 Å². The van der Waals surface area contributed by atoms with Gasteiger partial charge in [-0.05, 0) is 37.8 Å². The van der Waals surface area contributed by atoms with Crippen molar-refractivity contribution in [3.63, 3.8) is 0 Å². The second-order valence-electron chi connectivity index (χ2n) is 5.75. The van der Waals surface area contributed by atoms with Gasteiger partial charge in [-0.3, -0.25) is 9.20 Å². The van der Waals surface area contributed by atoms with E-state index in [1.165, 1.54) is 4.88 Å². The molecule has 23 heavy (non-hydrogen) atoms. The Morgan fingerprint density at radius 3 is 2.96 bits per heavy atom. The quantitative estimate of drug-likeness (QED) is 0.593. The molecule has 0 aliphatic heterocycles. The minimum absolute atomic E-state index is 0.331. The van der Waals surface area contributed by atoms with Crippen LogP contribution in [0.1, 0.15) is 37.5 Å². The molecule has 0 saturated heterocycles. The Kier molecular flexibility index (Phi) is 7.86. The summed E-state index contributed by atoms with van der Waals surface area (Å²) in [5.41, 5.74) is 0. The summed E-state index contributed by atoms with van der Waals surface area (Å²) in [6, 6.07) is 4.37. The van der Waals surface area contributed by atoms with Gasteiger partial charge in [0.1, 0.15) is 0 Å². The molecule has 1 saturated carbocycles. The molecular formula is C16H26ClN3OS2. The molecule has 130 valence electrons. The van der Waals surface area contributed by atoms with E-state index in [9.17, 15) is 4.21 Å². The van der Waals surface area contributed by atoms with Crippen molar-refractivity contribution in [3.05, 3.63) is 21.3 Å². The van der Waals surface area contributed by atoms with Crippen molar-refractivity contribution in [1.29, 1.82) is 0 Å². The molecule has 1 fully saturated rings. The molecule has 1 aromatic rings. The van der Waals surface area contributed by atoms with Crippen LogP contribution in [0.2, 0.25) is 4.34 Å². The van der Waals surface area contributed by atoms with Crippen molar-refractivity contribution in [2.45, 2.75) is 50.3 Å². The molecular weight excluding hydrogens is 350 g/mol. The highest BCUT2D eigenvalue weighted by Crippen LogP contribution is 2.23. The highest BCUT2D eigenvalue weighted by molar-refractivity contribution is 7.85. The van der Waals surface area contributed by atoms with Gasteiger partial charge in [0.25, 0.3) is 0 Å². The van der Waals surface area contributed by atoms with Crippen molar-refractivity contribution in [1.82, 2.24) is 10.6 Å². The second-order valence-corrected chi connectivity index (χ2v) is 9.56. The zero-order valence-corrected chi connectivity index (χ0v) is 16.2. The maximum atomic E-state index is 12.0. The first-order chi connectivity index (χ1) is 11.1. The Morgan fingerprint density at radius 1 is 1.48 bits per heavy atom. The van der Waals surface area contributed by atoms with Gasteiger partial charge in [-0.25, -0.2) is 0 Å². The first-order valence-corrected chi connectivity index (χ1v) is 10.8. The molecule has 0 amide bonds. The average molecular weight is 376 g/mol. The Bertz CT molecular complexity index is 547. The number of aliphatic imine (C=N–C) groups is 1. The van der Waals surface area contributed by atoms with Crippen molar-refractivity contribution >= 4 is 39.7 Å². The summed E-state index contributed by atoms with van der Waals surface area (Å²) in [6.45, 7) is 2.83. The number of nitrogens with one attached hydrogen (secondary N) is 2. The maximum Gasteiger partial charge on any atom is 0.191 e. The minimum Gasteiger partial charge on any atom is -0.356 e. The molecule has 3 unspecified atom stereocenters. The predicted molar refractivity (Wildman–Crippen MR) is 102 cm³/mol. The van der Waals surface area contributed by atoms with E-state index in [-0.39, 0.29) is 0 Å². The van der Waals surface area contributed by atoms with Crippen LogP contribution in [0.25, 0.3) is 0 Å². The standard InChI is InChI=1S/C16H26ClN3OS2/c1-3-23(21)14-6-4-5-12(11-14)20-16(18-2)19-10-9-13-7-8-15(17)22-13/h7-8,12,14H,3-6,9-11H2,1-2H3,(H2,18,19,20). The number of rotatable bonds is 6. The van der Waals surface area contributed by atoms with Gasteiger partial charge in [-0.2, -0.15) is 0 Å². The average Bonchev–Trinajstić information content (AvgIpc) is 2.98. The van der Waals surface area contributed by atoms with Gasteiger partial charge in [0.15, 0.2) is 5.96 Å². The van der Waals surface area contributed by atoms with Gasteiger partial charge in [0, 0.05) is 46.3 Å². The van der Waals surface area contributed by atoms with Gasteiger partial charge in [0.2, 0.25) is 0 Å². The molecule has 1 aromatic heterocycles. The molecule has 1 aliphatic rings. The van der Waals surface area contributed by atoms with E-state index in [0.29, 0.717) is 11.3 Å². The number of hydrogen-bond acceptors (Lipinski definition) is 3. The fourth-order valence-corrected chi connectivity index (χ4v) is 5.36. The molecule has 0 aromatic carbocycles. The van der Waals surface area contributed by atoms with Crippen LogP contribution >= 0.6 is 22.9 Å². The van der Waals surface area contributed by atoms with E-state index in [4.69, 9.17) is 11.6 Å². The Labute approximate surface area is 150 Å². The monoisotopic (exact) mass is 375 g/mol. The van der Waals surface area contributed by atoms with Crippen molar-refractivity contribution in [2.24, 2.45) is 4.99 Å². The van der Waals surface area contributed by atoms with E-state index < -0.39 is 10.8 Å². The molecule has 2 rings (SSSR count). The first-order valence-electron chi connectivity index (χ1n) is 8.21. The second kappa shape index (κ2) is 9.64. The SMILES string of the molecule is CCS(=O)C1CCCC(NC(=NC)NCCc2ccc(Cl)s2)C1. The van der Waals surface area contributed by atoms with Crippen LogP contribution in [0.15, 0.2) is 17.1 Å². The highest BCUT2D eigenvalue weighted by Gasteiger charge is 2.25. The molecule has 0 radical (unpaired) electrons. The van der Waals surface area contributed by atoms with E-state index in [1.54, 1.807) is 18.4 Å². The van der Waals surface area contributed by atoms with Crippen molar-refractivity contribution in [2.75, 3.05) is 19.3 Å². The summed E-state index contributed by atoms with van der Waals surface area (Å²) >= 11 is 7.57. The van der Waals surface area contributed by atoms with Crippen LogP contribution in [0.3, 0.4) is 0 Å². The third-order valence-electron chi connectivity index (χ3n) is 4.14. The number of halogens is 1. The number of hydrogen-bond donors (Lipinski definition) is 2.